The van der Waals surface area contributed by atoms with E-state index in [0.29, 0.717) is 19.6 Å². The summed E-state index contributed by atoms with van der Waals surface area (Å²) in [4.78, 5) is 12.7. The number of aryl methyl sites for hydroxylation is 1. The summed E-state index contributed by atoms with van der Waals surface area (Å²) >= 11 is 0. The maximum absolute atomic E-state index is 11.2. The number of carbonyl (C=O) groups excluding carboxylic acids is 1. The summed E-state index contributed by atoms with van der Waals surface area (Å²) in [7, 11) is 3.38. The molecule has 0 fully saturated rings. The van der Waals surface area contributed by atoms with Gasteiger partial charge in [0.05, 0.1) is 0 Å². The Kier molecular flexibility index (Phi) is 7.56. The van der Waals surface area contributed by atoms with Crippen molar-refractivity contribution in [3.8, 4) is 5.75 Å². The molecule has 1 atom stereocenters. The zero-order chi connectivity index (χ0) is 15.7. The minimum Gasteiger partial charge on any atom is -0.491 e. The molecular weight excluding hydrogens is 270 g/mol. The Hall–Kier alpha value is -1.79. The van der Waals surface area contributed by atoms with Crippen molar-refractivity contribution in [2.45, 2.75) is 13.0 Å². The predicted octanol–water partition coefficient (Wildman–Crippen LogP) is 0.596. The van der Waals surface area contributed by atoms with Crippen molar-refractivity contribution in [3.05, 3.63) is 29.8 Å². The van der Waals surface area contributed by atoms with Crippen LogP contribution < -0.4 is 15.4 Å². The largest absolute Gasteiger partial charge is 0.491 e. The van der Waals surface area contributed by atoms with E-state index in [1.165, 1.54) is 10.5 Å². The van der Waals surface area contributed by atoms with Crippen LogP contribution in [0.4, 0.5) is 4.79 Å². The number of benzene rings is 1. The quantitative estimate of drug-likeness (QED) is 0.614. The maximum Gasteiger partial charge on any atom is 0.316 e. The smallest absolute Gasteiger partial charge is 0.316 e. The molecule has 0 radical (unpaired) electrons. The molecule has 1 unspecified atom stereocenters. The number of rotatable bonds is 8. The Bertz CT molecular complexity index is 421. The molecule has 0 aliphatic rings. The fourth-order valence-corrected chi connectivity index (χ4v) is 1.57. The van der Waals surface area contributed by atoms with Crippen molar-refractivity contribution >= 4 is 6.03 Å². The van der Waals surface area contributed by atoms with Crippen molar-refractivity contribution in [1.82, 2.24) is 15.5 Å². The van der Waals surface area contributed by atoms with Gasteiger partial charge in [-0.1, -0.05) is 17.7 Å². The molecule has 0 bridgehead atoms. The average Bonchev–Trinajstić information content (AvgIpc) is 2.46. The molecule has 118 valence electrons. The second-order valence-electron chi connectivity index (χ2n) is 5.11. The standard InChI is InChI=1S/C15H25N3O3/c1-12-4-6-14(7-5-12)21-11-13(19)10-16-8-9-17-15(20)18(2)3/h4-7,13,16,19H,8-11H2,1-3H3,(H,17,20). The van der Waals surface area contributed by atoms with E-state index in [4.69, 9.17) is 4.74 Å². The number of aliphatic hydroxyl groups excluding tert-OH is 1. The normalized spacial score (nSPS) is 11.8. The van der Waals surface area contributed by atoms with E-state index >= 15 is 0 Å². The van der Waals surface area contributed by atoms with Crippen LogP contribution in [0.15, 0.2) is 24.3 Å². The average molecular weight is 295 g/mol. The first-order chi connectivity index (χ1) is 9.99. The number of nitrogens with one attached hydrogen (secondary N) is 2. The first kappa shape index (κ1) is 17.3. The van der Waals surface area contributed by atoms with E-state index in [-0.39, 0.29) is 12.6 Å². The van der Waals surface area contributed by atoms with Gasteiger partial charge in [0.25, 0.3) is 0 Å². The van der Waals surface area contributed by atoms with E-state index in [0.717, 1.165) is 5.75 Å². The Balaban J connectivity index is 2.07. The van der Waals surface area contributed by atoms with E-state index < -0.39 is 6.10 Å². The van der Waals surface area contributed by atoms with E-state index in [1.54, 1.807) is 14.1 Å². The van der Waals surface area contributed by atoms with Gasteiger partial charge in [0.15, 0.2) is 0 Å². The van der Waals surface area contributed by atoms with Gasteiger partial charge in [-0.2, -0.15) is 0 Å². The number of ether oxygens (including phenoxy) is 1. The van der Waals surface area contributed by atoms with Crippen LogP contribution in [0.25, 0.3) is 0 Å². The SMILES string of the molecule is Cc1ccc(OCC(O)CNCCNC(=O)N(C)C)cc1. The summed E-state index contributed by atoms with van der Waals surface area (Å²) in [6.45, 7) is 3.78. The van der Waals surface area contributed by atoms with Gasteiger partial charge >= 0.3 is 6.03 Å². The second-order valence-corrected chi connectivity index (χ2v) is 5.11. The third-order valence-corrected chi connectivity index (χ3v) is 2.83. The molecule has 1 rings (SSSR count). The van der Waals surface area contributed by atoms with E-state index in [9.17, 15) is 9.90 Å². The molecule has 1 aromatic rings. The number of nitrogens with zero attached hydrogens (tertiary/aromatic N) is 1. The zero-order valence-electron chi connectivity index (χ0n) is 12.9. The molecule has 0 spiro atoms. The number of carbonyl (C=O) groups is 1. The monoisotopic (exact) mass is 295 g/mol. The molecule has 0 aliphatic heterocycles. The Morgan fingerprint density at radius 1 is 1.29 bits per heavy atom. The minimum atomic E-state index is -0.587. The van der Waals surface area contributed by atoms with Crippen molar-refractivity contribution in [2.75, 3.05) is 40.3 Å². The number of hydrogen-bond acceptors (Lipinski definition) is 4. The molecule has 0 aromatic heterocycles. The summed E-state index contributed by atoms with van der Waals surface area (Å²) < 4.78 is 5.48. The summed E-state index contributed by atoms with van der Waals surface area (Å²) in [6.07, 6.45) is -0.587. The third-order valence-electron chi connectivity index (χ3n) is 2.83. The summed E-state index contributed by atoms with van der Waals surface area (Å²) in [6, 6.07) is 7.57. The lowest BCUT2D eigenvalue weighted by Crippen LogP contribution is -2.40. The lowest BCUT2D eigenvalue weighted by Gasteiger charge is -2.15. The number of urea groups is 1. The minimum absolute atomic E-state index is 0.125. The summed E-state index contributed by atoms with van der Waals surface area (Å²) in [5.41, 5.74) is 1.17. The molecule has 0 saturated heterocycles. The second kappa shape index (κ2) is 9.20. The highest BCUT2D eigenvalue weighted by Gasteiger charge is 2.05. The molecule has 2 amide bonds. The fourth-order valence-electron chi connectivity index (χ4n) is 1.57. The van der Waals surface area contributed by atoms with Crippen molar-refractivity contribution in [2.24, 2.45) is 0 Å². The van der Waals surface area contributed by atoms with E-state index in [2.05, 4.69) is 10.6 Å². The molecular formula is C15H25N3O3. The molecule has 0 heterocycles. The predicted molar refractivity (Wildman–Crippen MR) is 82.6 cm³/mol. The Labute approximate surface area is 126 Å². The van der Waals surface area contributed by atoms with Crippen LogP contribution in [0.5, 0.6) is 5.75 Å². The first-order valence-corrected chi connectivity index (χ1v) is 7.02. The van der Waals surface area contributed by atoms with Crippen molar-refractivity contribution in [3.63, 3.8) is 0 Å². The van der Waals surface area contributed by atoms with Gasteiger partial charge in [-0.15, -0.1) is 0 Å². The topological polar surface area (TPSA) is 73.8 Å². The van der Waals surface area contributed by atoms with Crippen LogP contribution >= 0.6 is 0 Å². The molecule has 3 N–H and O–H groups in total. The van der Waals surface area contributed by atoms with Gasteiger partial charge in [0.1, 0.15) is 18.5 Å². The molecule has 0 saturated carbocycles. The van der Waals surface area contributed by atoms with Gasteiger partial charge in [-0.3, -0.25) is 0 Å². The lowest BCUT2D eigenvalue weighted by atomic mass is 10.2. The van der Waals surface area contributed by atoms with Gasteiger partial charge in [-0.25, -0.2) is 4.79 Å². The zero-order valence-corrected chi connectivity index (χ0v) is 12.9. The molecule has 1 aromatic carbocycles. The van der Waals surface area contributed by atoms with Crippen LogP contribution in [0.3, 0.4) is 0 Å². The van der Waals surface area contributed by atoms with Gasteiger partial charge in [0.2, 0.25) is 0 Å². The molecule has 21 heavy (non-hydrogen) atoms. The molecule has 0 aliphatic carbocycles. The van der Waals surface area contributed by atoms with Crippen molar-refractivity contribution in [1.29, 1.82) is 0 Å². The first-order valence-electron chi connectivity index (χ1n) is 7.02. The van der Waals surface area contributed by atoms with Gasteiger partial charge in [0, 0.05) is 33.7 Å². The highest BCUT2D eigenvalue weighted by molar-refractivity contribution is 5.73. The maximum atomic E-state index is 11.2. The Morgan fingerprint density at radius 2 is 1.95 bits per heavy atom. The van der Waals surface area contributed by atoms with Crippen molar-refractivity contribution < 1.29 is 14.6 Å². The molecule has 6 nitrogen and oxygen atoms in total. The van der Waals surface area contributed by atoms with Crippen LogP contribution in [-0.2, 0) is 0 Å². The highest BCUT2D eigenvalue weighted by atomic mass is 16.5. The number of amides is 2. The van der Waals surface area contributed by atoms with Gasteiger partial charge in [-0.05, 0) is 19.1 Å². The van der Waals surface area contributed by atoms with Crippen LogP contribution in [0.1, 0.15) is 5.56 Å². The Morgan fingerprint density at radius 3 is 2.57 bits per heavy atom. The van der Waals surface area contributed by atoms with Gasteiger partial charge < -0.3 is 25.4 Å². The lowest BCUT2D eigenvalue weighted by molar-refractivity contribution is 0.106. The van der Waals surface area contributed by atoms with Crippen LogP contribution in [0.2, 0.25) is 0 Å². The highest BCUT2D eigenvalue weighted by Crippen LogP contribution is 2.11. The van der Waals surface area contributed by atoms with E-state index in [1.807, 2.05) is 31.2 Å². The van der Waals surface area contributed by atoms with Crippen LogP contribution in [0, 0.1) is 6.92 Å². The summed E-state index contributed by atoms with van der Waals surface area (Å²) in [5.74, 6) is 0.748. The number of aliphatic hydroxyl groups is 1. The third kappa shape index (κ3) is 7.53. The fraction of sp³-hybridized carbons (Fsp3) is 0.533. The summed E-state index contributed by atoms with van der Waals surface area (Å²) in [5, 5.41) is 15.6. The number of hydrogen-bond donors (Lipinski definition) is 3. The molecule has 6 heteroatoms. The van der Waals surface area contributed by atoms with Crippen LogP contribution in [-0.4, -0.2) is 62.5 Å².